The Labute approximate surface area is 111 Å². The molecule has 0 atom stereocenters. The van der Waals surface area contributed by atoms with Gasteiger partial charge in [0.25, 0.3) is 0 Å². The summed E-state index contributed by atoms with van der Waals surface area (Å²) in [5.41, 5.74) is 6.98. The van der Waals surface area contributed by atoms with Crippen molar-refractivity contribution in [2.75, 3.05) is 26.4 Å². The Balaban J connectivity index is 2.49. The molecule has 0 bridgehead atoms. The van der Waals surface area contributed by atoms with E-state index in [0.29, 0.717) is 17.7 Å². The molecule has 0 radical (unpaired) electrons. The first-order chi connectivity index (χ1) is 8.00. The molecule has 0 aliphatic rings. The lowest BCUT2D eigenvalue weighted by atomic mass is 10.0. The van der Waals surface area contributed by atoms with Gasteiger partial charge in [-0.3, -0.25) is 4.79 Å². The number of carbonyl (C=O) groups is 1. The molecule has 0 fully saturated rings. The van der Waals surface area contributed by atoms with Gasteiger partial charge in [0.15, 0.2) is 5.78 Å². The summed E-state index contributed by atoms with van der Waals surface area (Å²) >= 11 is 3.35. The number of nitrogens with zero attached hydrogens (tertiary/aromatic N) is 1. The van der Waals surface area contributed by atoms with Crippen molar-refractivity contribution in [3.8, 4) is 0 Å². The van der Waals surface area contributed by atoms with E-state index in [2.05, 4.69) is 20.8 Å². The Hall–Kier alpha value is -0.870. The smallest absolute Gasteiger partial charge is 0.164 e. The van der Waals surface area contributed by atoms with Gasteiger partial charge < -0.3 is 10.6 Å². The predicted molar refractivity (Wildman–Crippen MR) is 75.3 cm³/mol. The van der Waals surface area contributed by atoms with Crippen molar-refractivity contribution in [3.63, 3.8) is 0 Å². The van der Waals surface area contributed by atoms with Crippen LogP contribution in [0.25, 0.3) is 0 Å². The van der Waals surface area contributed by atoms with Crippen molar-refractivity contribution in [3.05, 3.63) is 28.2 Å². The molecule has 17 heavy (non-hydrogen) atoms. The molecule has 0 heterocycles. The van der Waals surface area contributed by atoms with Gasteiger partial charge in [-0.15, -0.1) is 0 Å². The lowest BCUT2D eigenvalue weighted by Crippen LogP contribution is -2.13. The summed E-state index contributed by atoms with van der Waals surface area (Å²) in [6.45, 7) is 1.02. The summed E-state index contributed by atoms with van der Waals surface area (Å²) in [5.74, 6) is 0.127. The molecule has 1 aromatic carbocycles. The highest BCUT2D eigenvalue weighted by Crippen LogP contribution is 2.20. The van der Waals surface area contributed by atoms with Crippen molar-refractivity contribution >= 4 is 27.4 Å². The molecule has 0 spiro atoms. The average Bonchev–Trinajstić information content (AvgIpc) is 2.27. The quantitative estimate of drug-likeness (QED) is 0.499. The van der Waals surface area contributed by atoms with E-state index in [-0.39, 0.29) is 5.78 Å². The summed E-state index contributed by atoms with van der Waals surface area (Å²) in [5, 5.41) is 0. The zero-order valence-corrected chi connectivity index (χ0v) is 12.0. The number of hydrogen-bond donors (Lipinski definition) is 1. The maximum atomic E-state index is 11.9. The van der Waals surface area contributed by atoms with Crippen molar-refractivity contribution in [1.29, 1.82) is 0 Å². The summed E-state index contributed by atoms with van der Waals surface area (Å²) in [7, 11) is 4.07. The van der Waals surface area contributed by atoms with Crippen LogP contribution in [0.2, 0.25) is 0 Å². The van der Waals surface area contributed by atoms with Crippen LogP contribution in [-0.4, -0.2) is 31.3 Å². The van der Waals surface area contributed by atoms with Crippen LogP contribution in [0, 0.1) is 0 Å². The molecule has 0 unspecified atom stereocenters. The fraction of sp³-hybridized carbons (Fsp3) is 0.462. The number of anilines is 1. The number of halogens is 1. The monoisotopic (exact) mass is 298 g/mol. The first-order valence-electron chi connectivity index (χ1n) is 5.73. The van der Waals surface area contributed by atoms with Crippen LogP contribution in [0.15, 0.2) is 22.7 Å². The molecule has 1 rings (SSSR count). The average molecular weight is 299 g/mol. The largest absolute Gasteiger partial charge is 0.398 e. The van der Waals surface area contributed by atoms with Crippen molar-refractivity contribution in [2.24, 2.45) is 0 Å². The Morgan fingerprint density at radius 1 is 1.35 bits per heavy atom. The topological polar surface area (TPSA) is 46.3 Å². The minimum absolute atomic E-state index is 0.127. The number of carbonyl (C=O) groups excluding carboxylic acids is 1. The van der Waals surface area contributed by atoms with Gasteiger partial charge in [-0.25, -0.2) is 0 Å². The molecule has 2 N–H and O–H groups in total. The number of unbranched alkanes of at least 4 members (excludes halogenated alkanes) is 1. The second kappa shape index (κ2) is 6.77. The zero-order valence-electron chi connectivity index (χ0n) is 10.4. The van der Waals surface area contributed by atoms with Gasteiger partial charge >= 0.3 is 0 Å². The van der Waals surface area contributed by atoms with E-state index in [1.807, 2.05) is 20.2 Å². The molecule has 0 aliphatic carbocycles. The lowest BCUT2D eigenvalue weighted by Gasteiger charge is -2.09. The van der Waals surface area contributed by atoms with Crippen LogP contribution in [0.5, 0.6) is 0 Å². The Morgan fingerprint density at radius 3 is 2.71 bits per heavy atom. The second-order valence-electron chi connectivity index (χ2n) is 4.42. The number of rotatable bonds is 6. The van der Waals surface area contributed by atoms with Gasteiger partial charge in [-0.2, -0.15) is 0 Å². The van der Waals surface area contributed by atoms with E-state index in [4.69, 9.17) is 5.73 Å². The summed E-state index contributed by atoms with van der Waals surface area (Å²) in [6.07, 6.45) is 2.50. The Morgan fingerprint density at radius 2 is 2.06 bits per heavy atom. The molecule has 94 valence electrons. The predicted octanol–water partition coefficient (Wildman–Crippen LogP) is 2.95. The number of benzene rings is 1. The summed E-state index contributed by atoms with van der Waals surface area (Å²) < 4.78 is 0.892. The van der Waals surface area contributed by atoms with Crippen molar-refractivity contribution < 1.29 is 4.79 Å². The van der Waals surface area contributed by atoms with Gasteiger partial charge in [0.05, 0.1) is 0 Å². The maximum absolute atomic E-state index is 11.9. The fourth-order valence-electron chi connectivity index (χ4n) is 1.62. The molecule has 0 aromatic heterocycles. The molecule has 0 saturated heterocycles. The van der Waals surface area contributed by atoms with Gasteiger partial charge in [0.2, 0.25) is 0 Å². The number of ketones is 1. The molecule has 0 amide bonds. The van der Waals surface area contributed by atoms with Gasteiger partial charge in [-0.1, -0.05) is 15.9 Å². The fourth-order valence-corrected chi connectivity index (χ4v) is 1.98. The summed E-state index contributed by atoms with van der Waals surface area (Å²) in [4.78, 5) is 14.1. The number of hydrogen-bond acceptors (Lipinski definition) is 3. The van der Waals surface area contributed by atoms with Crippen LogP contribution in [0.4, 0.5) is 5.69 Å². The van der Waals surface area contributed by atoms with Crippen LogP contribution < -0.4 is 5.73 Å². The van der Waals surface area contributed by atoms with E-state index in [1.165, 1.54) is 0 Å². The molecular weight excluding hydrogens is 280 g/mol. The SMILES string of the molecule is CN(C)CCCCC(=O)c1cc(Br)ccc1N. The standard InChI is InChI=1S/C13H19BrN2O/c1-16(2)8-4-3-5-13(17)11-9-10(14)6-7-12(11)15/h6-7,9H,3-5,8,15H2,1-2H3. The third kappa shape index (κ3) is 4.88. The first-order valence-corrected chi connectivity index (χ1v) is 6.53. The minimum atomic E-state index is 0.127. The van der Waals surface area contributed by atoms with E-state index < -0.39 is 0 Å². The number of Topliss-reactive ketones (excluding diaryl/α,β-unsaturated/α-hetero) is 1. The van der Waals surface area contributed by atoms with Crippen LogP contribution in [0.1, 0.15) is 29.6 Å². The molecule has 0 saturated carbocycles. The normalized spacial score (nSPS) is 10.8. The number of nitrogens with two attached hydrogens (primary N) is 1. The van der Waals surface area contributed by atoms with Gasteiger partial charge in [0, 0.05) is 22.1 Å². The zero-order chi connectivity index (χ0) is 12.8. The van der Waals surface area contributed by atoms with E-state index in [0.717, 1.165) is 23.9 Å². The third-order valence-corrected chi connectivity index (χ3v) is 3.07. The van der Waals surface area contributed by atoms with Gasteiger partial charge in [-0.05, 0) is 51.7 Å². The van der Waals surface area contributed by atoms with Crippen LogP contribution in [0.3, 0.4) is 0 Å². The van der Waals surface area contributed by atoms with E-state index in [1.54, 1.807) is 12.1 Å². The second-order valence-corrected chi connectivity index (χ2v) is 5.33. The molecule has 0 aliphatic heterocycles. The molecule has 4 heteroatoms. The van der Waals surface area contributed by atoms with Gasteiger partial charge in [0.1, 0.15) is 0 Å². The molecule has 3 nitrogen and oxygen atoms in total. The Kier molecular flexibility index (Phi) is 5.65. The van der Waals surface area contributed by atoms with Crippen molar-refractivity contribution in [2.45, 2.75) is 19.3 Å². The van der Waals surface area contributed by atoms with E-state index >= 15 is 0 Å². The summed E-state index contributed by atoms with van der Waals surface area (Å²) in [6, 6.07) is 5.40. The highest BCUT2D eigenvalue weighted by Gasteiger charge is 2.09. The number of nitrogen functional groups attached to an aromatic ring is 1. The lowest BCUT2D eigenvalue weighted by molar-refractivity contribution is 0.0979. The highest BCUT2D eigenvalue weighted by atomic mass is 79.9. The molecule has 1 aromatic rings. The minimum Gasteiger partial charge on any atom is -0.398 e. The maximum Gasteiger partial charge on any atom is 0.164 e. The Bertz CT molecular complexity index is 391. The van der Waals surface area contributed by atoms with Crippen molar-refractivity contribution in [1.82, 2.24) is 4.90 Å². The van der Waals surface area contributed by atoms with Crippen LogP contribution in [-0.2, 0) is 0 Å². The molecular formula is C13H19BrN2O. The highest BCUT2D eigenvalue weighted by molar-refractivity contribution is 9.10. The first kappa shape index (κ1) is 14.2. The third-order valence-electron chi connectivity index (χ3n) is 2.57. The van der Waals surface area contributed by atoms with E-state index in [9.17, 15) is 4.79 Å². The van der Waals surface area contributed by atoms with Crippen LogP contribution >= 0.6 is 15.9 Å².